The van der Waals surface area contributed by atoms with Crippen LogP contribution >= 0.6 is 0 Å². The molecule has 0 saturated carbocycles. The smallest absolute Gasteiger partial charge is 0.407 e. The highest BCUT2D eigenvalue weighted by Gasteiger charge is 2.44. The Bertz CT molecular complexity index is 2050. The average molecular weight is 820 g/mol. The minimum atomic E-state index is -1.15. The Kier molecular flexibility index (Phi) is 15.1. The van der Waals surface area contributed by atoms with Crippen LogP contribution < -0.4 is 16.0 Å². The second-order valence-corrected chi connectivity index (χ2v) is 17.8. The first kappa shape index (κ1) is 45.3. The summed E-state index contributed by atoms with van der Waals surface area (Å²) in [6, 6.07) is 25.4. The summed E-state index contributed by atoms with van der Waals surface area (Å²) in [4.78, 5) is 67.3. The zero-order valence-corrected chi connectivity index (χ0v) is 36.1. The van der Waals surface area contributed by atoms with E-state index in [2.05, 4.69) is 25.9 Å². The molecule has 1 aliphatic rings. The molecule has 0 spiro atoms. The van der Waals surface area contributed by atoms with Gasteiger partial charge in [0.25, 0.3) is 0 Å². The number of pyridine rings is 2. The summed E-state index contributed by atoms with van der Waals surface area (Å²) in [6.07, 6.45) is 0.538. The Hall–Kier alpha value is -5.82. The van der Waals surface area contributed by atoms with E-state index < -0.39 is 53.1 Å². The minimum absolute atomic E-state index is 0.0623. The van der Waals surface area contributed by atoms with E-state index in [0.717, 1.165) is 33.8 Å². The quantitative estimate of drug-likeness (QED) is 0.106. The number of aromatic nitrogens is 2. The zero-order chi connectivity index (χ0) is 43.6. The van der Waals surface area contributed by atoms with E-state index in [1.807, 2.05) is 139 Å². The second kappa shape index (κ2) is 20.0. The number of carbonyl (C=O) groups is 4. The lowest BCUT2D eigenvalue weighted by molar-refractivity contribution is -0.131. The van der Waals surface area contributed by atoms with Crippen LogP contribution in [0.25, 0.3) is 11.3 Å². The van der Waals surface area contributed by atoms with Gasteiger partial charge in [0.15, 0.2) is 0 Å². The lowest BCUT2D eigenvalue weighted by Crippen LogP contribution is -2.59. The summed E-state index contributed by atoms with van der Waals surface area (Å²) >= 11 is 0. The maximum Gasteiger partial charge on any atom is 0.407 e. The molecule has 1 saturated heterocycles. The molecule has 1 fully saturated rings. The first-order chi connectivity index (χ1) is 28.4. The van der Waals surface area contributed by atoms with E-state index in [1.165, 1.54) is 7.11 Å². The molecule has 4 aromatic rings. The van der Waals surface area contributed by atoms with Gasteiger partial charge in [-0.1, -0.05) is 108 Å². The Balaban J connectivity index is 1.44. The van der Waals surface area contributed by atoms with Gasteiger partial charge < -0.3 is 35.6 Å². The number of carbonyl (C=O) groups excluding carboxylic acids is 4. The van der Waals surface area contributed by atoms with E-state index in [4.69, 9.17) is 4.74 Å². The van der Waals surface area contributed by atoms with E-state index >= 15 is 0 Å². The molecule has 4 N–H and O–H groups in total. The van der Waals surface area contributed by atoms with Crippen molar-refractivity contribution in [1.82, 2.24) is 35.7 Å². The number of rotatable bonds is 16. The fourth-order valence-electron chi connectivity index (χ4n) is 7.70. The number of hydrogen-bond acceptors (Lipinski definition) is 8. The lowest BCUT2D eigenvalue weighted by Gasteiger charge is -2.38. The van der Waals surface area contributed by atoms with Crippen molar-refractivity contribution < 1.29 is 29.0 Å². The van der Waals surface area contributed by atoms with Crippen molar-refractivity contribution in [3.8, 4) is 11.3 Å². The summed E-state index contributed by atoms with van der Waals surface area (Å²) < 4.78 is 4.83. The predicted octanol–water partition coefficient (Wildman–Crippen LogP) is 6.08. The Morgan fingerprint density at radius 2 is 1.47 bits per heavy atom. The normalized spacial score (nSPS) is 15.7. The predicted molar refractivity (Wildman–Crippen MR) is 232 cm³/mol. The van der Waals surface area contributed by atoms with Gasteiger partial charge >= 0.3 is 12.1 Å². The fourth-order valence-corrected chi connectivity index (χ4v) is 7.70. The van der Waals surface area contributed by atoms with E-state index in [1.54, 1.807) is 16.0 Å². The van der Waals surface area contributed by atoms with Crippen LogP contribution in [0.1, 0.15) is 70.5 Å². The number of aliphatic hydroxyl groups excluding tert-OH is 1. The summed E-state index contributed by atoms with van der Waals surface area (Å²) in [5.74, 6) is -0.822. The highest BCUT2D eigenvalue weighted by atomic mass is 16.5. The standard InChI is InChI=1S/C47H61N7O6/c1-31-15-14-18-35(49-31)30-53-25-26-54(45(53)59)41(47(5,6)7)43(57)51-38(28-33-20-22-34(23-21-33)37-19-12-13-24-48-37)39(55)29-36(27-32-16-10-9-11-17-32)50-42(56)40(46(2,3)4)52-44(58)60-8/h9-24,36,38-41,55H,25-30H2,1-8H3,(H,50,56)(H,51,57)(H,52,58). The van der Waals surface area contributed by atoms with Crippen LogP contribution in [0.3, 0.4) is 0 Å². The van der Waals surface area contributed by atoms with Gasteiger partial charge in [0, 0.05) is 36.6 Å². The largest absolute Gasteiger partial charge is 0.453 e. The average Bonchev–Trinajstić information content (AvgIpc) is 3.54. The molecule has 2 aromatic carbocycles. The van der Waals surface area contributed by atoms with Gasteiger partial charge in [0.1, 0.15) is 12.1 Å². The van der Waals surface area contributed by atoms with E-state index in [-0.39, 0.29) is 24.8 Å². The van der Waals surface area contributed by atoms with Crippen LogP contribution in [0.4, 0.5) is 9.59 Å². The van der Waals surface area contributed by atoms with Crippen molar-refractivity contribution in [2.45, 2.75) is 105 Å². The number of urea groups is 1. The number of benzene rings is 2. The lowest BCUT2D eigenvalue weighted by atomic mass is 9.84. The third-order valence-electron chi connectivity index (χ3n) is 10.7. The summed E-state index contributed by atoms with van der Waals surface area (Å²) in [7, 11) is 1.24. The third-order valence-corrected chi connectivity index (χ3v) is 10.7. The molecule has 0 bridgehead atoms. The maximum atomic E-state index is 14.7. The Morgan fingerprint density at radius 3 is 2.08 bits per heavy atom. The van der Waals surface area contributed by atoms with Crippen molar-refractivity contribution in [3.05, 3.63) is 120 Å². The number of aryl methyl sites for hydroxylation is 1. The molecule has 3 heterocycles. The number of ether oxygens (including phenoxy) is 1. The van der Waals surface area contributed by atoms with Crippen LogP contribution in [0.15, 0.2) is 97.2 Å². The van der Waals surface area contributed by atoms with Crippen LogP contribution in [0, 0.1) is 17.8 Å². The molecule has 13 heteroatoms. The van der Waals surface area contributed by atoms with Gasteiger partial charge in [-0.15, -0.1) is 0 Å². The first-order valence-electron chi connectivity index (χ1n) is 20.6. The summed E-state index contributed by atoms with van der Waals surface area (Å²) in [5.41, 5.74) is 3.81. The van der Waals surface area contributed by atoms with Crippen LogP contribution in [0.2, 0.25) is 0 Å². The molecule has 5 atom stereocenters. The molecule has 2 aromatic heterocycles. The molecule has 5 amide bonds. The zero-order valence-electron chi connectivity index (χ0n) is 36.1. The number of nitrogens with zero attached hydrogens (tertiary/aromatic N) is 4. The monoisotopic (exact) mass is 819 g/mol. The van der Waals surface area contributed by atoms with E-state index in [9.17, 15) is 24.3 Å². The highest BCUT2D eigenvalue weighted by molar-refractivity contribution is 5.89. The van der Waals surface area contributed by atoms with Crippen molar-refractivity contribution in [1.29, 1.82) is 0 Å². The van der Waals surface area contributed by atoms with Gasteiger partial charge in [-0.3, -0.25) is 19.6 Å². The topological polar surface area (TPSA) is 166 Å². The SMILES string of the molecule is COC(=O)NC(C(=O)NC(Cc1ccccc1)CC(O)C(Cc1ccc(-c2ccccn2)cc1)NC(=O)C(N1CCN(Cc2cccc(C)n2)C1=O)C(C)(C)C)C(C)(C)C. The van der Waals surface area contributed by atoms with E-state index in [0.29, 0.717) is 26.1 Å². The number of nitrogens with one attached hydrogen (secondary N) is 3. The van der Waals surface area contributed by atoms with Gasteiger partial charge in [-0.2, -0.15) is 0 Å². The van der Waals surface area contributed by atoms with Gasteiger partial charge in [-0.25, -0.2) is 9.59 Å². The van der Waals surface area contributed by atoms with Crippen molar-refractivity contribution in [2.24, 2.45) is 10.8 Å². The van der Waals surface area contributed by atoms with Crippen LogP contribution in [-0.2, 0) is 33.7 Å². The molecular formula is C47H61N7O6. The minimum Gasteiger partial charge on any atom is -0.453 e. The number of alkyl carbamates (subject to hydrolysis) is 1. The van der Waals surface area contributed by atoms with Crippen LogP contribution in [0.5, 0.6) is 0 Å². The molecule has 5 unspecified atom stereocenters. The number of methoxy groups -OCH3 is 1. The molecule has 5 rings (SSSR count). The van der Waals surface area contributed by atoms with Crippen molar-refractivity contribution in [3.63, 3.8) is 0 Å². The molecule has 60 heavy (non-hydrogen) atoms. The van der Waals surface area contributed by atoms with Crippen LogP contribution in [-0.4, -0.2) is 99.3 Å². The van der Waals surface area contributed by atoms with Crippen molar-refractivity contribution >= 4 is 23.9 Å². The number of aliphatic hydroxyl groups is 1. The van der Waals surface area contributed by atoms with Gasteiger partial charge in [0.2, 0.25) is 11.8 Å². The summed E-state index contributed by atoms with van der Waals surface area (Å²) in [6.45, 7) is 14.3. The molecular weight excluding hydrogens is 759 g/mol. The molecule has 320 valence electrons. The fraction of sp³-hybridized carbons (Fsp3) is 0.447. The Labute approximate surface area is 354 Å². The molecule has 1 aliphatic heterocycles. The number of hydrogen-bond donors (Lipinski definition) is 4. The maximum absolute atomic E-state index is 14.7. The highest BCUT2D eigenvalue weighted by Crippen LogP contribution is 2.29. The van der Waals surface area contributed by atoms with Crippen molar-refractivity contribution in [2.75, 3.05) is 20.2 Å². The Morgan fingerprint density at radius 1 is 0.783 bits per heavy atom. The van der Waals surface area contributed by atoms with Gasteiger partial charge in [0.05, 0.1) is 37.2 Å². The third kappa shape index (κ3) is 12.4. The molecule has 0 aliphatic carbocycles. The first-order valence-corrected chi connectivity index (χ1v) is 20.6. The molecule has 0 radical (unpaired) electrons. The summed E-state index contributed by atoms with van der Waals surface area (Å²) in [5, 5.41) is 21.2. The number of amides is 5. The van der Waals surface area contributed by atoms with Gasteiger partial charge in [-0.05, 0) is 72.4 Å². The molecule has 13 nitrogen and oxygen atoms in total. The second-order valence-electron chi connectivity index (χ2n) is 17.8.